The molecule has 1 heterocycles. The van der Waals surface area contributed by atoms with Crippen molar-refractivity contribution in [2.45, 2.75) is 57.5 Å². The van der Waals surface area contributed by atoms with E-state index in [2.05, 4.69) is 41.4 Å². The van der Waals surface area contributed by atoms with E-state index in [0.717, 1.165) is 18.5 Å². The normalized spacial score (nSPS) is 21.2. The Morgan fingerprint density at radius 2 is 1.85 bits per heavy atom. The molecular weight excluding hydrogens is 244 g/mol. The second-order valence-corrected chi connectivity index (χ2v) is 6.47. The van der Waals surface area contributed by atoms with E-state index in [4.69, 9.17) is 0 Å². The fraction of sp³-hybridized carbons (Fsp3) is 0.667. The first-order valence-corrected chi connectivity index (χ1v) is 8.40. The van der Waals surface area contributed by atoms with Gasteiger partial charge in [0.15, 0.2) is 0 Å². The lowest BCUT2D eigenvalue weighted by Gasteiger charge is -2.32. The van der Waals surface area contributed by atoms with Gasteiger partial charge < -0.3 is 10.2 Å². The van der Waals surface area contributed by atoms with Crippen LogP contribution in [0.15, 0.2) is 24.3 Å². The van der Waals surface area contributed by atoms with Crippen LogP contribution >= 0.6 is 0 Å². The maximum absolute atomic E-state index is 3.80. The predicted octanol–water partition coefficient (Wildman–Crippen LogP) is 3.53. The molecule has 1 aromatic rings. The zero-order chi connectivity index (χ0) is 13.8. The molecule has 0 amide bonds. The Hall–Kier alpha value is -0.860. The second kappa shape index (κ2) is 6.73. The van der Waals surface area contributed by atoms with Crippen molar-refractivity contribution in [3.63, 3.8) is 0 Å². The van der Waals surface area contributed by atoms with Gasteiger partial charge in [0.25, 0.3) is 0 Å². The van der Waals surface area contributed by atoms with Crippen molar-refractivity contribution in [2.75, 3.05) is 19.6 Å². The minimum atomic E-state index is 0.718. The molecular formula is C18H28N2. The van der Waals surface area contributed by atoms with Gasteiger partial charge in [-0.3, -0.25) is 0 Å². The van der Waals surface area contributed by atoms with E-state index in [1.165, 1.54) is 57.3 Å². The van der Waals surface area contributed by atoms with Crippen LogP contribution in [-0.4, -0.2) is 30.6 Å². The second-order valence-electron chi connectivity index (χ2n) is 6.47. The van der Waals surface area contributed by atoms with Crippen LogP contribution in [0.1, 0.15) is 56.1 Å². The van der Waals surface area contributed by atoms with Crippen molar-refractivity contribution >= 4 is 0 Å². The molecule has 0 aromatic heterocycles. The molecule has 0 bridgehead atoms. The summed E-state index contributed by atoms with van der Waals surface area (Å²) in [6.07, 6.45) is 6.70. The highest BCUT2D eigenvalue weighted by atomic mass is 15.1. The smallest absolute Gasteiger partial charge is 0.0210 e. The average Bonchev–Trinajstić information content (AvgIpc) is 3.32. The number of nitrogens with one attached hydrogen (secondary N) is 1. The highest BCUT2D eigenvalue weighted by Crippen LogP contribution is 2.41. The lowest BCUT2D eigenvalue weighted by molar-refractivity contribution is 0.197. The van der Waals surface area contributed by atoms with Gasteiger partial charge in [-0.1, -0.05) is 31.2 Å². The molecule has 110 valence electrons. The number of piperidine rings is 1. The van der Waals surface area contributed by atoms with Gasteiger partial charge in [-0.2, -0.15) is 0 Å². The van der Waals surface area contributed by atoms with Crippen LogP contribution in [0.2, 0.25) is 0 Å². The summed E-state index contributed by atoms with van der Waals surface area (Å²) in [6, 6.07) is 9.74. The molecule has 2 fully saturated rings. The highest BCUT2D eigenvalue weighted by Gasteiger charge is 2.25. The molecule has 0 atom stereocenters. The zero-order valence-electron chi connectivity index (χ0n) is 12.8. The molecule has 1 saturated heterocycles. The summed E-state index contributed by atoms with van der Waals surface area (Å²) in [4.78, 5) is 2.61. The Bertz CT molecular complexity index is 417. The third kappa shape index (κ3) is 3.62. The Kier molecular flexibility index (Phi) is 4.74. The molecule has 0 unspecified atom stereocenters. The minimum Gasteiger partial charge on any atom is -0.310 e. The van der Waals surface area contributed by atoms with Crippen molar-refractivity contribution in [3.8, 4) is 0 Å². The van der Waals surface area contributed by atoms with Crippen LogP contribution in [0.3, 0.4) is 0 Å². The van der Waals surface area contributed by atoms with Crippen LogP contribution in [0.4, 0.5) is 0 Å². The summed E-state index contributed by atoms with van der Waals surface area (Å²) in [5.74, 6) is 0.861. The van der Waals surface area contributed by atoms with Crippen LogP contribution in [0.5, 0.6) is 0 Å². The largest absolute Gasteiger partial charge is 0.310 e. The summed E-state index contributed by atoms with van der Waals surface area (Å²) in [5.41, 5.74) is 3.13. The van der Waals surface area contributed by atoms with E-state index in [-0.39, 0.29) is 0 Å². The van der Waals surface area contributed by atoms with E-state index in [1.54, 1.807) is 5.56 Å². The van der Waals surface area contributed by atoms with Crippen LogP contribution in [0, 0.1) is 0 Å². The third-order valence-corrected chi connectivity index (χ3v) is 4.78. The van der Waals surface area contributed by atoms with Gasteiger partial charge in [0.05, 0.1) is 0 Å². The molecule has 1 aliphatic carbocycles. The summed E-state index contributed by atoms with van der Waals surface area (Å²) in [5, 5.41) is 3.80. The van der Waals surface area contributed by atoms with Gasteiger partial charge in [-0.15, -0.1) is 0 Å². The summed E-state index contributed by atoms with van der Waals surface area (Å²) in [6.45, 7) is 7.16. The number of nitrogens with zero attached hydrogens (tertiary/aromatic N) is 1. The molecule has 0 radical (unpaired) electrons. The monoisotopic (exact) mass is 272 g/mol. The zero-order valence-corrected chi connectivity index (χ0v) is 12.8. The first kappa shape index (κ1) is 14.1. The lowest BCUT2D eigenvalue weighted by Crippen LogP contribution is -2.42. The highest BCUT2D eigenvalue weighted by molar-refractivity contribution is 5.33. The molecule has 1 aliphatic heterocycles. The molecule has 1 N–H and O–H groups in total. The topological polar surface area (TPSA) is 15.3 Å². The standard InChI is InChI=1S/C18H28N2/c1-2-11-20-12-9-17(10-13-20)19-14-16-5-3-4-6-18(16)15-7-8-15/h3-6,15,17,19H,2,7-14H2,1H3. The molecule has 3 rings (SSSR count). The van der Waals surface area contributed by atoms with Gasteiger partial charge in [0.1, 0.15) is 0 Å². The molecule has 2 heteroatoms. The molecule has 1 aromatic carbocycles. The summed E-state index contributed by atoms with van der Waals surface area (Å²) >= 11 is 0. The first-order valence-electron chi connectivity index (χ1n) is 8.40. The summed E-state index contributed by atoms with van der Waals surface area (Å²) < 4.78 is 0. The van der Waals surface area contributed by atoms with Gasteiger partial charge in [0, 0.05) is 12.6 Å². The number of rotatable bonds is 6. The number of hydrogen-bond donors (Lipinski definition) is 1. The number of hydrogen-bond acceptors (Lipinski definition) is 2. The average molecular weight is 272 g/mol. The minimum absolute atomic E-state index is 0.718. The Morgan fingerprint density at radius 3 is 2.55 bits per heavy atom. The number of benzene rings is 1. The Balaban J connectivity index is 1.48. The van der Waals surface area contributed by atoms with Gasteiger partial charge in [0.2, 0.25) is 0 Å². The Labute approximate surface area is 123 Å². The van der Waals surface area contributed by atoms with Crippen LogP contribution in [-0.2, 0) is 6.54 Å². The van der Waals surface area contributed by atoms with Gasteiger partial charge >= 0.3 is 0 Å². The van der Waals surface area contributed by atoms with E-state index < -0.39 is 0 Å². The van der Waals surface area contributed by atoms with Crippen molar-refractivity contribution in [1.82, 2.24) is 10.2 Å². The number of likely N-dealkylation sites (tertiary alicyclic amines) is 1. The van der Waals surface area contributed by atoms with E-state index in [1.807, 2.05) is 0 Å². The SMILES string of the molecule is CCCN1CCC(NCc2ccccc2C2CC2)CC1. The molecule has 2 aliphatic rings. The lowest BCUT2D eigenvalue weighted by atomic mass is 10.0. The summed E-state index contributed by atoms with van der Waals surface area (Å²) in [7, 11) is 0. The van der Waals surface area contributed by atoms with Crippen LogP contribution < -0.4 is 5.32 Å². The molecule has 1 saturated carbocycles. The van der Waals surface area contributed by atoms with Gasteiger partial charge in [-0.25, -0.2) is 0 Å². The fourth-order valence-corrected chi connectivity index (χ4v) is 3.42. The maximum atomic E-state index is 3.80. The molecule has 20 heavy (non-hydrogen) atoms. The van der Waals surface area contributed by atoms with Crippen molar-refractivity contribution in [2.24, 2.45) is 0 Å². The predicted molar refractivity (Wildman–Crippen MR) is 85.0 cm³/mol. The van der Waals surface area contributed by atoms with Crippen LogP contribution in [0.25, 0.3) is 0 Å². The van der Waals surface area contributed by atoms with Gasteiger partial charge in [-0.05, 0) is 68.8 Å². The maximum Gasteiger partial charge on any atom is 0.0210 e. The Morgan fingerprint density at radius 1 is 1.10 bits per heavy atom. The van der Waals surface area contributed by atoms with E-state index in [0.29, 0.717) is 0 Å². The third-order valence-electron chi connectivity index (χ3n) is 4.78. The van der Waals surface area contributed by atoms with E-state index in [9.17, 15) is 0 Å². The molecule has 2 nitrogen and oxygen atoms in total. The first-order chi connectivity index (χ1) is 9.86. The van der Waals surface area contributed by atoms with Crippen molar-refractivity contribution < 1.29 is 0 Å². The quantitative estimate of drug-likeness (QED) is 0.852. The van der Waals surface area contributed by atoms with Crippen molar-refractivity contribution in [1.29, 1.82) is 0 Å². The van der Waals surface area contributed by atoms with Crippen molar-refractivity contribution in [3.05, 3.63) is 35.4 Å². The molecule has 0 spiro atoms. The fourth-order valence-electron chi connectivity index (χ4n) is 3.42. The van der Waals surface area contributed by atoms with E-state index >= 15 is 0 Å².